The van der Waals surface area contributed by atoms with Crippen molar-refractivity contribution in [2.75, 3.05) is 13.1 Å². The number of nitrogens with two attached hydrogens (primary N) is 2. The third-order valence-electron chi connectivity index (χ3n) is 5.59. The number of carbonyl (C=O) groups excluding carboxylic acids is 1. The van der Waals surface area contributed by atoms with E-state index in [9.17, 15) is 14.4 Å². The van der Waals surface area contributed by atoms with Gasteiger partial charge in [-0.25, -0.2) is 9.98 Å². The molecule has 32 heavy (non-hydrogen) atoms. The van der Waals surface area contributed by atoms with E-state index in [0.29, 0.717) is 12.8 Å². The van der Waals surface area contributed by atoms with Crippen molar-refractivity contribution in [2.45, 2.75) is 31.3 Å². The van der Waals surface area contributed by atoms with Crippen LogP contribution in [0.25, 0.3) is 0 Å². The fourth-order valence-corrected chi connectivity index (χ4v) is 3.62. The molecule has 2 aromatic heterocycles. The van der Waals surface area contributed by atoms with Crippen LogP contribution in [0.3, 0.4) is 0 Å². The molecule has 1 amide bonds. The van der Waals surface area contributed by atoms with E-state index in [1.165, 1.54) is 18.5 Å². The smallest absolute Gasteiger partial charge is 0.233 e. The van der Waals surface area contributed by atoms with E-state index in [1.54, 1.807) is 6.20 Å². The van der Waals surface area contributed by atoms with E-state index < -0.39 is 23.3 Å². The van der Waals surface area contributed by atoms with Gasteiger partial charge in [-0.2, -0.15) is 14.8 Å². The van der Waals surface area contributed by atoms with Crippen molar-refractivity contribution in [3.8, 4) is 6.07 Å². The van der Waals surface area contributed by atoms with Gasteiger partial charge in [0.1, 0.15) is 11.8 Å². The molecule has 0 bridgehead atoms. The first-order chi connectivity index (χ1) is 15.3. The fraction of sp³-hybridized carbons (Fsp3) is 0.429. The van der Waals surface area contributed by atoms with E-state index in [-0.39, 0.29) is 17.9 Å². The van der Waals surface area contributed by atoms with Gasteiger partial charge in [0.15, 0.2) is 0 Å². The highest BCUT2D eigenvalue weighted by molar-refractivity contribution is 6.14. The monoisotopic (exact) mass is 439 g/mol. The minimum absolute atomic E-state index is 0.104. The summed E-state index contributed by atoms with van der Waals surface area (Å²) in [6.45, 7) is 2.24. The van der Waals surface area contributed by atoms with Crippen molar-refractivity contribution >= 4 is 23.6 Å². The number of carbonyl (C=O) groups is 1. The maximum Gasteiger partial charge on any atom is 0.233 e. The maximum absolute atomic E-state index is 13.3. The number of aryl methyl sites for hydroxylation is 1. The zero-order valence-corrected chi connectivity index (χ0v) is 17.9. The molecule has 10 nitrogen and oxygen atoms in total. The summed E-state index contributed by atoms with van der Waals surface area (Å²) < 4.78 is 15.1. The van der Waals surface area contributed by atoms with Crippen LogP contribution in [0.5, 0.6) is 0 Å². The Balaban J connectivity index is 1.73. The second-order valence-electron chi connectivity index (χ2n) is 7.81. The molecule has 0 saturated carbocycles. The van der Waals surface area contributed by atoms with Crippen LogP contribution in [0.2, 0.25) is 0 Å². The number of amides is 1. The lowest BCUT2D eigenvalue weighted by Gasteiger charge is -2.38. The molecule has 1 aliphatic rings. The molecule has 1 unspecified atom stereocenters. The zero-order chi connectivity index (χ0) is 23.1. The third-order valence-corrected chi connectivity index (χ3v) is 5.59. The van der Waals surface area contributed by atoms with Crippen LogP contribution in [0.15, 0.2) is 40.6 Å². The second-order valence-corrected chi connectivity index (χ2v) is 7.81. The van der Waals surface area contributed by atoms with Crippen LogP contribution in [0, 0.1) is 23.2 Å². The molecular weight excluding hydrogens is 413 g/mol. The van der Waals surface area contributed by atoms with E-state index in [2.05, 4.69) is 31.0 Å². The largest absolute Gasteiger partial charge is 0.386 e. The van der Waals surface area contributed by atoms with Gasteiger partial charge in [0.05, 0.1) is 29.4 Å². The number of pyridine rings is 1. The summed E-state index contributed by atoms with van der Waals surface area (Å²) in [6, 6.07) is 6.73. The maximum atomic E-state index is 13.3. The van der Waals surface area contributed by atoms with Gasteiger partial charge >= 0.3 is 0 Å². The third kappa shape index (κ3) is 5.73. The molecule has 1 atom stereocenters. The summed E-state index contributed by atoms with van der Waals surface area (Å²) >= 11 is 0. The van der Waals surface area contributed by atoms with E-state index in [1.807, 2.05) is 17.8 Å². The van der Waals surface area contributed by atoms with Crippen molar-refractivity contribution in [1.29, 1.82) is 5.26 Å². The highest BCUT2D eigenvalue weighted by Gasteiger charge is 2.34. The van der Waals surface area contributed by atoms with Crippen molar-refractivity contribution in [1.82, 2.24) is 19.7 Å². The summed E-state index contributed by atoms with van der Waals surface area (Å²) in [7, 11) is 1.90. The van der Waals surface area contributed by atoms with E-state index >= 15 is 0 Å². The first-order valence-electron chi connectivity index (χ1n) is 10.2. The molecule has 3 rings (SSSR count). The topological polar surface area (TPSA) is 152 Å². The van der Waals surface area contributed by atoms with Crippen molar-refractivity contribution in [2.24, 2.45) is 34.4 Å². The molecule has 1 aliphatic heterocycles. The van der Waals surface area contributed by atoms with Crippen LogP contribution >= 0.6 is 0 Å². The van der Waals surface area contributed by atoms with Crippen LogP contribution in [0.1, 0.15) is 25.0 Å². The van der Waals surface area contributed by atoms with Crippen molar-refractivity contribution < 1.29 is 9.18 Å². The Morgan fingerprint density at radius 1 is 1.38 bits per heavy atom. The van der Waals surface area contributed by atoms with Gasteiger partial charge in [-0.3, -0.25) is 19.4 Å². The predicted octanol–water partition coefficient (Wildman–Crippen LogP) is 1.06. The number of hydrogen-bond donors (Lipinski definition) is 2. The summed E-state index contributed by atoms with van der Waals surface area (Å²) in [4.78, 5) is 26.4. The summed E-state index contributed by atoms with van der Waals surface area (Å²) in [5.74, 6) is -2.62. The number of aromatic nitrogens is 3. The molecule has 0 radical (unpaired) electrons. The summed E-state index contributed by atoms with van der Waals surface area (Å²) in [5.41, 5.74) is 12.2. The molecule has 11 heteroatoms. The van der Waals surface area contributed by atoms with Crippen LogP contribution in [-0.4, -0.2) is 56.3 Å². The molecule has 3 heterocycles. The van der Waals surface area contributed by atoms with Crippen LogP contribution in [-0.2, 0) is 18.4 Å². The lowest BCUT2D eigenvalue weighted by atomic mass is 9.85. The van der Waals surface area contributed by atoms with Gasteiger partial charge < -0.3 is 11.5 Å². The summed E-state index contributed by atoms with van der Waals surface area (Å²) in [5, 5.41) is 13.6. The van der Waals surface area contributed by atoms with E-state index in [4.69, 9.17) is 11.5 Å². The molecule has 1 fully saturated rings. The normalized spacial score (nSPS) is 17.8. The number of hydrogen-bond acceptors (Lipinski definition) is 7. The fourth-order valence-electron chi connectivity index (χ4n) is 3.62. The van der Waals surface area contributed by atoms with E-state index in [0.717, 1.165) is 31.4 Å². The van der Waals surface area contributed by atoms with Gasteiger partial charge in [-0.1, -0.05) is 0 Å². The molecule has 168 valence electrons. The second kappa shape index (κ2) is 10.1. The number of likely N-dealkylation sites (tertiary alicyclic amines) is 1. The Bertz CT molecular complexity index is 1050. The Hall–Kier alpha value is -3.65. The standard InChI is InChI=1S/C21H26FN9O/c1-30-16(3-9-28-30)14-31-10-5-21(4-7-23,6-11-31)27-13-17(20(25)32)19(24)29-15-2-8-26-18(22)12-15/h2-3,8-9,12-13,17H,4-6,10-11,14H2,1H3,(H2,25,32)(H2,24,26,29). The Kier molecular flexibility index (Phi) is 7.27. The number of nitriles is 1. The quantitative estimate of drug-likeness (QED) is 0.356. The Morgan fingerprint density at radius 3 is 2.72 bits per heavy atom. The highest BCUT2D eigenvalue weighted by atomic mass is 19.1. The van der Waals surface area contributed by atoms with Crippen molar-refractivity contribution in [3.63, 3.8) is 0 Å². The molecule has 0 aromatic carbocycles. The molecule has 4 N–H and O–H groups in total. The average Bonchev–Trinajstić information content (AvgIpc) is 3.14. The molecule has 0 spiro atoms. The first-order valence-corrected chi connectivity index (χ1v) is 10.2. The number of piperidine rings is 1. The van der Waals surface area contributed by atoms with Crippen LogP contribution in [0.4, 0.5) is 10.1 Å². The predicted molar refractivity (Wildman–Crippen MR) is 117 cm³/mol. The number of primary amides is 1. The number of nitrogens with zero attached hydrogens (tertiary/aromatic N) is 7. The lowest BCUT2D eigenvalue weighted by molar-refractivity contribution is -0.118. The molecule has 0 aliphatic carbocycles. The number of aliphatic imine (C=N–C) groups is 2. The van der Waals surface area contributed by atoms with Crippen LogP contribution < -0.4 is 11.5 Å². The highest BCUT2D eigenvalue weighted by Crippen LogP contribution is 2.30. The summed E-state index contributed by atoms with van der Waals surface area (Å²) in [6.07, 6.45) is 5.88. The molecule has 2 aromatic rings. The van der Waals surface area contributed by atoms with Gasteiger partial charge in [0.25, 0.3) is 0 Å². The number of halogens is 1. The number of rotatable bonds is 8. The molecule has 1 saturated heterocycles. The van der Waals surface area contributed by atoms with Gasteiger partial charge in [0.2, 0.25) is 11.9 Å². The van der Waals surface area contributed by atoms with Gasteiger partial charge in [0, 0.05) is 51.4 Å². The number of amidine groups is 1. The van der Waals surface area contributed by atoms with Gasteiger partial charge in [-0.15, -0.1) is 0 Å². The minimum Gasteiger partial charge on any atom is -0.386 e. The van der Waals surface area contributed by atoms with Gasteiger partial charge in [-0.05, 0) is 25.0 Å². The SMILES string of the molecule is Cn1nccc1CN1CCC(CC#N)(N=CC(C(N)=O)C(N)=Nc2ccnc(F)c2)CC1. The lowest BCUT2D eigenvalue weighted by Crippen LogP contribution is -2.44. The Labute approximate surface area is 185 Å². The minimum atomic E-state index is -1.07. The molecular formula is C21H26FN9O. The first kappa shape index (κ1) is 23.0. The Morgan fingerprint density at radius 2 is 2.12 bits per heavy atom. The average molecular weight is 439 g/mol. The zero-order valence-electron chi connectivity index (χ0n) is 17.9. The van der Waals surface area contributed by atoms with Crippen molar-refractivity contribution in [3.05, 3.63) is 42.2 Å².